The molecule has 0 bridgehead atoms. The molecule has 7 nitrogen and oxygen atoms in total. The number of aromatic nitrogens is 2. The first-order valence-electron chi connectivity index (χ1n) is 8.01. The number of halogens is 1. The monoisotopic (exact) mass is 384 g/mol. The van der Waals surface area contributed by atoms with Crippen molar-refractivity contribution in [2.45, 2.75) is 6.92 Å². The maximum atomic E-state index is 12.3. The number of amides is 1. The molecule has 0 spiro atoms. The van der Waals surface area contributed by atoms with Crippen LogP contribution in [-0.2, 0) is 0 Å². The van der Waals surface area contributed by atoms with Crippen LogP contribution in [-0.4, -0.2) is 34.3 Å². The highest BCUT2D eigenvalue weighted by atomic mass is 35.5. The Morgan fingerprint density at radius 3 is 2.70 bits per heavy atom. The van der Waals surface area contributed by atoms with Crippen molar-refractivity contribution in [3.63, 3.8) is 0 Å². The highest BCUT2D eigenvalue weighted by Crippen LogP contribution is 2.25. The third kappa shape index (κ3) is 4.27. The number of carbonyl (C=O) groups is 1. The fraction of sp³-hybridized carbons (Fsp3) is 0.105. The number of nitrogens with one attached hydrogen (secondary N) is 2. The van der Waals surface area contributed by atoms with Crippen LogP contribution < -0.4 is 10.2 Å². The van der Waals surface area contributed by atoms with E-state index in [1.165, 1.54) is 19.4 Å². The maximum Gasteiger partial charge on any atom is 0.291 e. The quantitative estimate of drug-likeness (QED) is 0.463. The number of phenols is 1. The Balaban J connectivity index is 1.71. The number of hydrogen-bond donors (Lipinski definition) is 3. The number of phenolic OH excluding ortho intramolecular Hbond substituents is 1. The number of hydrazone groups is 1. The Hall–Kier alpha value is -3.32. The molecule has 1 heterocycles. The van der Waals surface area contributed by atoms with E-state index in [0.29, 0.717) is 27.9 Å². The number of aryl methyl sites for hydroxylation is 1. The van der Waals surface area contributed by atoms with Crippen LogP contribution in [0.5, 0.6) is 11.5 Å². The van der Waals surface area contributed by atoms with Crippen molar-refractivity contribution in [2.24, 2.45) is 5.10 Å². The van der Waals surface area contributed by atoms with E-state index in [1.807, 2.05) is 12.1 Å². The van der Waals surface area contributed by atoms with E-state index in [-0.39, 0.29) is 11.4 Å². The zero-order chi connectivity index (χ0) is 19.4. The fourth-order valence-electron chi connectivity index (χ4n) is 2.43. The lowest BCUT2D eigenvalue weighted by atomic mass is 10.2. The number of H-pyrrole nitrogens is 1. The number of benzene rings is 2. The highest BCUT2D eigenvalue weighted by molar-refractivity contribution is 6.30. The number of nitrogens with zero attached hydrogens (tertiary/aromatic N) is 2. The Morgan fingerprint density at radius 1 is 1.30 bits per heavy atom. The second kappa shape index (κ2) is 7.92. The van der Waals surface area contributed by atoms with Gasteiger partial charge in [0.2, 0.25) is 0 Å². The molecule has 3 aromatic rings. The molecule has 0 radical (unpaired) electrons. The highest BCUT2D eigenvalue weighted by Gasteiger charge is 2.15. The smallest absolute Gasteiger partial charge is 0.291 e. The number of ether oxygens (including phenoxy) is 1. The number of methoxy groups -OCH3 is 1. The summed E-state index contributed by atoms with van der Waals surface area (Å²) in [6.07, 6.45) is 1.42. The standard InChI is InChI=1S/C19H17ClN4O3/c1-11-17(23-18(22-11)13-4-6-14(20)7-5-13)19(26)24-21-10-12-3-8-16(27-2)15(25)9-12/h3-10,25H,1-2H3,(H,22,23)(H,24,26). The molecule has 1 amide bonds. The summed E-state index contributed by atoms with van der Waals surface area (Å²) in [6, 6.07) is 11.9. The summed E-state index contributed by atoms with van der Waals surface area (Å²) in [5.41, 5.74) is 4.71. The molecule has 0 aliphatic carbocycles. The summed E-state index contributed by atoms with van der Waals surface area (Å²) < 4.78 is 4.98. The minimum atomic E-state index is -0.446. The number of hydrogen-bond acceptors (Lipinski definition) is 5. The van der Waals surface area contributed by atoms with Gasteiger partial charge in [0.25, 0.3) is 5.91 Å². The molecule has 3 rings (SSSR count). The first kappa shape index (κ1) is 18.5. The third-order valence-electron chi connectivity index (χ3n) is 3.80. The van der Waals surface area contributed by atoms with Crippen LogP contribution in [0.15, 0.2) is 47.6 Å². The Kier molecular flexibility index (Phi) is 5.42. The van der Waals surface area contributed by atoms with Gasteiger partial charge < -0.3 is 14.8 Å². The molecule has 0 saturated carbocycles. The van der Waals surface area contributed by atoms with Gasteiger partial charge in [-0.1, -0.05) is 11.6 Å². The van der Waals surface area contributed by atoms with Crippen LogP contribution >= 0.6 is 11.6 Å². The van der Waals surface area contributed by atoms with Crippen molar-refractivity contribution in [3.8, 4) is 22.9 Å². The first-order valence-corrected chi connectivity index (χ1v) is 8.38. The summed E-state index contributed by atoms with van der Waals surface area (Å²) in [7, 11) is 1.47. The predicted molar refractivity (Wildman–Crippen MR) is 103 cm³/mol. The van der Waals surface area contributed by atoms with Crippen LogP contribution in [0.25, 0.3) is 11.4 Å². The fourth-order valence-corrected chi connectivity index (χ4v) is 2.56. The maximum absolute atomic E-state index is 12.3. The van der Waals surface area contributed by atoms with Crippen LogP contribution in [0.2, 0.25) is 5.02 Å². The van der Waals surface area contributed by atoms with E-state index in [2.05, 4.69) is 20.5 Å². The minimum absolute atomic E-state index is 0.0106. The topological polar surface area (TPSA) is 99.6 Å². The summed E-state index contributed by atoms with van der Waals surface area (Å²) in [6.45, 7) is 1.76. The molecule has 2 aromatic carbocycles. The number of rotatable bonds is 5. The molecule has 0 unspecified atom stereocenters. The van der Waals surface area contributed by atoms with Gasteiger partial charge in [-0.2, -0.15) is 5.10 Å². The van der Waals surface area contributed by atoms with Gasteiger partial charge >= 0.3 is 0 Å². The van der Waals surface area contributed by atoms with Gasteiger partial charge in [-0.05, 0) is 55.0 Å². The van der Waals surface area contributed by atoms with Gasteiger partial charge in [0, 0.05) is 16.3 Å². The van der Waals surface area contributed by atoms with Crippen LogP contribution in [0.1, 0.15) is 21.7 Å². The molecule has 0 saturated heterocycles. The molecule has 8 heteroatoms. The van der Waals surface area contributed by atoms with Crippen molar-refractivity contribution in [3.05, 3.63) is 64.4 Å². The Bertz CT molecular complexity index is 997. The van der Waals surface area contributed by atoms with Gasteiger partial charge in [0.05, 0.1) is 13.3 Å². The van der Waals surface area contributed by atoms with Gasteiger partial charge in [-0.3, -0.25) is 4.79 Å². The molecule has 0 aliphatic heterocycles. The summed E-state index contributed by atoms with van der Waals surface area (Å²) in [4.78, 5) is 19.7. The van der Waals surface area contributed by atoms with Crippen molar-refractivity contribution >= 4 is 23.7 Å². The largest absolute Gasteiger partial charge is 0.504 e. The van der Waals surface area contributed by atoms with Crippen molar-refractivity contribution in [1.29, 1.82) is 0 Å². The third-order valence-corrected chi connectivity index (χ3v) is 4.05. The van der Waals surface area contributed by atoms with Crippen LogP contribution in [0, 0.1) is 6.92 Å². The molecule has 138 valence electrons. The zero-order valence-electron chi connectivity index (χ0n) is 14.7. The average Bonchev–Trinajstić information content (AvgIpc) is 3.04. The van der Waals surface area contributed by atoms with Gasteiger partial charge in [0.15, 0.2) is 17.2 Å². The molecule has 0 fully saturated rings. The van der Waals surface area contributed by atoms with Gasteiger partial charge in [-0.15, -0.1) is 0 Å². The van der Waals surface area contributed by atoms with Gasteiger partial charge in [0.1, 0.15) is 5.82 Å². The first-order chi connectivity index (χ1) is 13.0. The number of aromatic amines is 1. The summed E-state index contributed by atoms with van der Waals surface area (Å²) in [5.74, 6) is 0.470. The average molecular weight is 385 g/mol. The van der Waals surface area contributed by atoms with E-state index in [4.69, 9.17) is 16.3 Å². The summed E-state index contributed by atoms with van der Waals surface area (Å²) >= 11 is 5.89. The van der Waals surface area contributed by atoms with E-state index >= 15 is 0 Å². The van der Waals surface area contributed by atoms with Crippen molar-refractivity contribution < 1.29 is 14.6 Å². The van der Waals surface area contributed by atoms with Gasteiger partial charge in [-0.25, -0.2) is 10.4 Å². The molecule has 1 aromatic heterocycles. The molecule has 27 heavy (non-hydrogen) atoms. The van der Waals surface area contributed by atoms with Crippen LogP contribution in [0.3, 0.4) is 0 Å². The second-order valence-electron chi connectivity index (χ2n) is 5.70. The lowest BCUT2D eigenvalue weighted by molar-refractivity contribution is 0.0950. The molecule has 3 N–H and O–H groups in total. The molecule has 0 aliphatic rings. The summed E-state index contributed by atoms with van der Waals surface area (Å²) in [5, 5.41) is 14.3. The molecular weight excluding hydrogens is 368 g/mol. The minimum Gasteiger partial charge on any atom is -0.504 e. The van der Waals surface area contributed by atoms with Crippen LogP contribution in [0.4, 0.5) is 0 Å². The molecular formula is C19H17ClN4O3. The van der Waals surface area contributed by atoms with Crippen molar-refractivity contribution in [1.82, 2.24) is 15.4 Å². The number of imidazole rings is 1. The normalized spacial score (nSPS) is 10.9. The van der Waals surface area contributed by atoms with Crippen molar-refractivity contribution in [2.75, 3.05) is 7.11 Å². The second-order valence-corrected chi connectivity index (χ2v) is 6.13. The zero-order valence-corrected chi connectivity index (χ0v) is 15.4. The lowest BCUT2D eigenvalue weighted by Gasteiger charge is -2.03. The molecule has 0 atom stereocenters. The number of carbonyl (C=O) groups excluding carboxylic acids is 1. The SMILES string of the molecule is COc1ccc(C=NNC(=O)c2nc(-c3ccc(Cl)cc3)[nH]c2C)cc1O. The predicted octanol–water partition coefficient (Wildman–Crippen LogP) is 3.52. The number of aromatic hydroxyl groups is 1. The van der Waals surface area contributed by atoms with E-state index in [0.717, 1.165) is 5.56 Å². The Labute approximate surface area is 160 Å². The lowest BCUT2D eigenvalue weighted by Crippen LogP contribution is -2.19. The van der Waals surface area contributed by atoms with E-state index in [1.54, 1.807) is 31.2 Å². The van der Waals surface area contributed by atoms with E-state index in [9.17, 15) is 9.90 Å². The van der Waals surface area contributed by atoms with E-state index < -0.39 is 5.91 Å². The Morgan fingerprint density at radius 2 is 2.04 bits per heavy atom.